The molecule has 0 aromatic rings. The molecule has 0 aliphatic heterocycles. The van der Waals surface area contributed by atoms with Gasteiger partial charge in [0, 0.05) is 19.5 Å². The molecular weight excluding hydrogens is 268 g/mol. The molecule has 2 amide bonds. The van der Waals surface area contributed by atoms with Crippen LogP contribution in [-0.2, 0) is 4.79 Å². The zero-order valence-corrected chi connectivity index (χ0v) is 13.6. The second-order valence-electron chi connectivity index (χ2n) is 7.17. The summed E-state index contributed by atoms with van der Waals surface area (Å²) in [5.74, 6) is -0.764. The molecule has 0 bridgehead atoms. The minimum Gasteiger partial charge on any atom is -0.481 e. The Labute approximate surface area is 127 Å². The molecule has 0 saturated heterocycles. The Morgan fingerprint density at radius 1 is 1.19 bits per heavy atom. The van der Waals surface area contributed by atoms with Gasteiger partial charge in [-0.15, -0.1) is 0 Å². The molecule has 1 rings (SSSR count). The van der Waals surface area contributed by atoms with E-state index in [0.29, 0.717) is 18.4 Å². The van der Waals surface area contributed by atoms with Crippen LogP contribution in [0.25, 0.3) is 0 Å². The number of carboxylic acids is 1. The molecule has 1 fully saturated rings. The lowest BCUT2D eigenvalue weighted by atomic mass is 9.84. The van der Waals surface area contributed by atoms with E-state index in [0.717, 1.165) is 13.0 Å². The zero-order valence-electron chi connectivity index (χ0n) is 13.6. The smallest absolute Gasteiger partial charge is 0.314 e. The van der Waals surface area contributed by atoms with Gasteiger partial charge < -0.3 is 15.7 Å². The summed E-state index contributed by atoms with van der Waals surface area (Å²) in [5, 5.41) is 14.5. The first-order valence-corrected chi connectivity index (χ1v) is 8.02. The molecule has 122 valence electrons. The molecule has 0 spiro atoms. The summed E-state index contributed by atoms with van der Waals surface area (Å²) in [7, 11) is 0. The van der Waals surface area contributed by atoms with Crippen molar-refractivity contribution in [2.24, 2.45) is 10.8 Å². The van der Waals surface area contributed by atoms with E-state index in [2.05, 4.69) is 17.6 Å². The maximum absolute atomic E-state index is 11.8. The molecule has 0 heterocycles. The van der Waals surface area contributed by atoms with Crippen LogP contribution in [0.4, 0.5) is 4.79 Å². The number of carbonyl (C=O) groups excluding carboxylic acids is 1. The fourth-order valence-electron chi connectivity index (χ4n) is 2.64. The van der Waals surface area contributed by atoms with Crippen LogP contribution >= 0.6 is 0 Å². The number of hydrogen-bond acceptors (Lipinski definition) is 2. The number of aliphatic carboxylic acids is 1. The standard InChI is InChI=1S/C16H30N2O3/c1-4-6-16(8-9-16)12-18-14(21)17-11-10-15(2,3)7-5-13(19)20/h4-12H2,1-3H3,(H,19,20)(H2,17,18,21). The van der Waals surface area contributed by atoms with Crippen LogP contribution in [0.2, 0.25) is 0 Å². The van der Waals surface area contributed by atoms with Crippen LogP contribution < -0.4 is 10.6 Å². The lowest BCUT2D eigenvalue weighted by Crippen LogP contribution is -2.40. The second kappa shape index (κ2) is 7.66. The maximum Gasteiger partial charge on any atom is 0.314 e. The summed E-state index contributed by atoms with van der Waals surface area (Å²) in [6.07, 6.45) is 6.40. The van der Waals surface area contributed by atoms with Crippen molar-refractivity contribution in [3.63, 3.8) is 0 Å². The number of hydrogen-bond donors (Lipinski definition) is 3. The predicted octanol–water partition coefficient (Wildman–Crippen LogP) is 3.15. The molecular formula is C16H30N2O3. The fourth-order valence-corrected chi connectivity index (χ4v) is 2.64. The summed E-state index contributed by atoms with van der Waals surface area (Å²) in [6, 6.07) is -0.105. The Balaban J connectivity index is 2.14. The summed E-state index contributed by atoms with van der Waals surface area (Å²) in [6.45, 7) is 7.61. The van der Waals surface area contributed by atoms with Gasteiger partial charge in [-0.3, -0.25) is 4.79 Å². The third-order valence-electron chi connectivity index (χ3n) is 4.46. The van der Waals surface area contributed by atoms with Gasteiger partial charge in [0.2, 0.25) is 0 Å². The van der Waals surface area contributed by atoms with Crippen molar-refractivity contribution in [1.82, 2.24) is 10.6 Å². The molecule has 5 nitrogen and oxygen atoms in total. The lowest BCUT2D eigenvalue weighted by Gasteiger charge is -2.24. The average molecular weight is 298 g/mol. The third kappa shape index (κ3) is 7.34. The molecule has 3 N–H and O–H groups in total. The molecule has 21 heavy (non-hydrogen) atoms. The molecule has 5 heteroatoms. The molecule has 1 aliphatic rings. The van der Waals surface area contributed by atoms with Crippen molar-refractivity contribution >= 4 is 12.0 Å². The van der Waals surface area contributed by atoms with Gasteiger partial charge in [-0.25, -0.2) is 4.79 Å². The van der Waals surface area contributed by atoms with Crippen molar-refractivity contribution in [3.8, 4) is 0 Å². The first kappa shape index (κ1) is 17.8. The number of urea groups is 1. The van der Waals surface area contributed by atoms with Crippen LogP contribution in [-0.4, -0.2) is 30.2 Å². The number of carboxylic acid groups (broad SMARTS) is 1. The molecule has 1 saturated carbocycles. The Morgan fingerprint density at radius 2 is 1.86 bits per heavy atom. The molecule has 1 aliphatic carbocycles. The second-order valence-corrected chi connectivity index (χ2v) is 7.17. The van der Waals surface area contributed by atoms with Crippen LogP contribution in [0.15, 0.2) is 0 Å². The van der Waals surface area contributed by atoms with Gasteiger partial charge in [0.05, 0.1) is 0 Å². The van der Waals surface area contributed by atoms with Crippen LogP contribution in [0, 0.1) is 10.8 Å². The molecule has 0 unspecified atom stereocenters. The van der Waals surface area contributed by atoms with Crippen LogP contribution in [0.1, 0.15) is 65.7 Å². The molecule has 0 aromatic heterocycles. The number of carbonyl (C=O) groups is 2. The topological polar surface area (TPSA) is 78.4 Å². The maximum atomic E-state index is 11.8. The average Bonchev–Trinajstić information content (AvgIpc) is 3.15. The molecule has 0 aromatic carbocycles. The van der Waals surface area contributed by atoms with Gasteiger partial charge in [-0.05, 0) is 42.9 Å². The first-order chi connectivity index (χ1) is 9.79. The fraction of sp³-hybridized carbons (Fsp3) is 0.875. The zero-order chi connectivity index (χ0) is 15.9. The van der Waals surface area contributed by atoms with Crippen molar-refractivity contribution in [3.05, 3.63) is 0 Å². The Morgan fingerprint density at radius 3 is 2.38 bits per heavy atom. The number of nitrogens with one attached hydrogen (secondary N) is 2. The largest absolute Gasteiger partial charge is 0.481 e. The Hall–Kier alpha value is -1.26. The number of amides is 2. The monoisotopic (exact) mass is 298 g/mol. The van der Waals surface area contributed by atoms with E-state index in [1.54, 1.807) is 0 Å². The summed E-state index contributed by atoms with van der Waals surface area (Å²) < 4.78 is 0. The minimum absolute atomic E-state index is 0.0639. The highest BCUT2D eigenvalue weighted by molar-refractivity contribution is 5.73. The van der Waals surface area contributed by atoms with Gasteiger partial charge in [0.15, 0.2) is 0 Å². The van der Waals surface area contributed by atoms with E-state index >= 15 is 0 Å². The molecule has 0 atom stereocenters. The van der Waals surface area contributed by atoms with E-state index in [4.69, 9.17) is 5.11 Å². The predicted molar refractivity (Wildman–Crippen MR) is 83.2 cm³/mol. The van der Waals surface area contributed by atoms with Crippen molar-refractivity contribution < 1.29 is 14.7 Å². The van der Waals surface area contributed by atoms with E-state index in [1.165, 1.54) is 25.7 Å². The summed E-state index contributed by atoms with van der Waals surface area (Å²) in [5.41, 5.74) is 0.304. The SMILES string of the molecule is CCCC1(CNC(=O)NCCC(C)(C)CCC(=O)O)CC1. The van der Waals surface area contributed by atoms with Crippen molar-refractivity contribution in [2.45, 2.75) is 65.7 Å². The summed E-state index contributed by atoms with van der Waals surface area (Å²) in [4.78, 5) is 22.3. The van der Waals surface area contributed by atoms with Gasteiger partial charge in [0.1, 0.15) is 0 Å². The highest BCUT2D eigenvalue weighted by atomic mass is 16.4. The van der Waals surface area contributed by atoms with E-state index in [-0.39, 0.29) is 17.9 Å². The lowest BCUT2D eigenvalue weighted by molar-refractivity contribution is -0.137. The van der Waals surface area contributed by atoms with E-state index in [1.807, 2.05) is 13.8 Å². The van der Waals surface area contributed by atoms with Gasteiger partial charge in [0.25, 0.3) is 0 Å². The normalized spacial score (nSPS) is 16.3. The van der Waals surface area contributed by atoms with Gasteiger partial charge in [-0.2, -0.15) is 0 Å². The van der Waals surface area contributed by atoms with Crippen LogP contribution in [0.5, 0.6) is 0 Å². The molecule has 0 radical (unpaired) electrons. The van der Waals surface area contributed by atoms with E-state index in [9.17, 15) is 9.59 Å². The van der Waals surface area contributed by atoms with E-state index < -0.39 is 5.97 Å². The Kier molecular flexibility index (Phi) is 6.49. The summed E-state index contributed by atoms with van der Waals surface area (Å²) >= 11 is 0. The Bertz CT molecular complexity index is 363. The highest BCUT2D eigenvalue weighted by Crippen LogP contribution is 2.48. The third-order valence-corrected chi connectivity index (χ3v) is 4.46. The minimum atomic E-state index is -0.764. The highest BCUT2D eigenvalue weighted by Gasteiger charge is 2.41. The first-order valence-electron chi connectivity index (χ1n) is 8.02. The van der Waals surface area contributed by atoms with Gasteiger partial charge in [-0.1, -0.05) is 27.2 Å². The van der Waals surface area contributed by atoms with Crippen molar-refractivity contribution in [2.75, 3.05) is 13.1 Å². The number of rotatable bonds is 10. The van der Waals surface area contributed by atoms with Crippen molar-refractivity contribution in [1.29, 1.82) is 0 Å². The van der Waals surface area contributed by atoms with Crippen LogP contribution in [0.3, 0.4) is 0 Å². The van der Waals surface area contributed by atoms with Gasteiger partial charge >= 0.3 is 12.0 Å². The quantitative estimate of drug-likeness (QED) is 0.579.